The lowest BCUT2D eigenvalue weighted by molar-refractivity contribution is -0.137. The minimum atomic E-state index is -4.40. The number of nitrogens with zero attached hydrogens (tertiary/aromatic N) is 2. The van der Waals surface area contributed by atoms with E-state index in [1.54, 1.807) is 6.92 Å². The van der Waals surface area contributed by atoms with Crippen LogP contribution in [-0.2, 0) is 6.18 Å². The summed E-state index contributed by atoms with van der Waals surface area (Å²) in [6, 6.07) is 4.82. The van der Waals surface area contributed by atoms with Gasteiger partial charge in [0.15, 0.2) is 5.78 Å². The van der Waals surface area contributed by atoms with E-state index in [9.17, 15) is 18.0 Å². The summed E-state index contributed by atoms with van der Waals surface area (Å²) >= 11 is 0. The van der Waals surface area contributed by atoms with Crippen molar-refractivity contribution in [1.82, 2.24) is 9.78 Å². The van der Waals surface area contributed by atoms with Crippen molar-refractivity contribution in [2.45, 2.75) is 20.0 Å². The molecule has 2 rings (SSSR count). The van der Waals surface area contributed by atoms with Crippen LogP contribution in [0.5, 0.6) is 0 Å². The predicted molar refractivity (Wildman–Crippen MR) is 63.3 cm³/mol. The molecule has 2 aromatic rings. The van der Waals surface area contributed by atoms with Crippen LogP contribution in [0.15, 0.2) is 30.5 Å². The monoisotopic (exact) mass is 268 g/mol. The molecular formula is C13H11F3N2O. The lowest BCUT2D eigenvalue weighted by Gasteiger charge is -2.10. The molecule has 1 aromatic heterocycles. The molecule has 0 saturated heterocycles. The van der Waals surface area contributed by atoms with Crippen molar-refractivity contribution in [3.63, 3.8) is 0 Å². The Labute approximate surface area is 107 Å². The number of halogens is 3. The minimum absolute atomic E-state index is 0.171. The lowest BCUT2D eigenvalue weighted by Crippen LogP contribution is -2.07. The van der Waals surface area contributed by atoms with Gasteiger partial charge < -0.3 is 0 Å². The summed E-state index contributed by atoms with van der Waals surface area (Å²) in [5.41, 5.74) is 0.452. The average Bonchev–Trinajstić information content (AvgIpc) is 2.70. The molecule has 0 aliphatic rings. The molecule has 0 spiro atoms. The highest BCUT2D eigenvalue weighted by Gasteiger charge is 2.30. The third kappa shape index (κ3) is 2.52. The van der Waals surface area contributed by atoms with E-state index in [-0.39, 0.29) is 11.5 Å². The van der Waals surface area contributed by atoms with Gasteiger partial charge in [0.1, 0.15) is 0 Å². The van der Waals surface area contributed by atoms with E-state index in [0.717, 1.165) is 12.1 Å². The van der Waals surface area contributed by atoms with Crippen molar-refractivity contribution in [2.75, 3.05) is 0 Å². The molecular weight excluding hydrogens is 257 g/mol. The third-order valence-electron chi connectivity index (χ3n) is 2.81. The van der Waals surface area contributed by atoms with Crippen LogP contribution in [-0.4, -0.2) is 15.6 Å². The second-order valence-corrected chi connectivity index (χ2v) is 4.16. The Morgan fingerprint density at radius 3 is 2.53 bits per heavy atom. The van der Waals surface area contributed by atoms with E-state index >= 15 is 0 Å². The number of benzene rings is 1. The van der Waals surface area contributed by atoms with E-state index in [1.807, 2.05) is 0 Å². The van der Waals surface area contributed by atoms with Crippen molar-refractivity contribution in [3.8, 4) is 5.69 Å². The van der Waals surface area contributed by atoms with Gasteiger partial charge >= 0.3 is 6.18 Å². The zero-order valence-electron chi connectivity index (χ0n) is 10.3. The van der Waals surface area contributed by atoms with Crippen molar-refractivity contribution < 1.29 is 18.0 Å². The Morgan fingerprint density at radius 2 is 2.00 bits per heavy atom. The molecule has 1 heterocycles. The number of Topliss-reactive ketones (excluding diaryl/α,β-unsaturated/α-hetero) is 1. The summed E-state index contributed by atoms with van der Waals surface area (Å²) < 4.78 is 39.2. The summed E-state index contributed by atoms with van der Waals surface area (Å²) in [7, 11) is 0. The Hall–Kier alpha value is -2.11. The smallest absolute Gasteiger partial charge is 0.294 e. The van der Waals surface area contributed by atoms with Gasteiger partial charge in [-0.2, -0.15) is 18.3 Å². The molecule has 100 valence electrons. The first kappa shape index (κ1) is 13.3. The quantitative estimate of drug-likeness (QED) is 0.782. The molecule has 0 fully saturated rings. The minimum Gasteiger partial charge on any atom is -0.294 e. The van der Waals surface area contributed by atoms with E-state index in [0.29, 0.717) is 11.3 Å². The van der Waals surface area contributed by atoms with Crippen molar-refractivity contribution in [1.29, 1.82) is 0 Å². The fourth-order valence-electron chi connectivity index (χ4n) is 1.83. The second-order valence-electron chi connectivity index (χ2n) is 4.16. The van der Waals surface area contributed by atoms with Crippen LogP contribution in [0.2, 0.25) is 0 Å². The molecule has 0 saturated carbocycles. The van der Waals surface area contributed by atoms with Gasteiger partial charge in [-0.25, -0.2) is 4.68 Å². The first-order chi connectivity index (χ1) is 8.80. The molecule has 19 heavy (non-hydrogen) atoms. The van der Waals surface area contributed by atoms with E-state index < -0.39 is 11.7 Å². The number of rotatable bonds is 2. The van der Waals surface area contributed by atoms with Crippen molar-refractivity contribution in [2.24, 2.45) is 0 Å². The Bertz CT molecular complexity index is 629. The van der Waals surface area contributed by atoms with Gasteiger partial charge in [-0.3, -0.25) is 4.79 Å². The summed E-state index contributed by atoms with van der Waals surface area (Å²) in [6.45, 7) is 3.03. The Kier molecular flexibility index (Phi) is 3.18. The van der Waals surface area contributed by atoms with Crippen LogP contribution in [0, 0.1) is 6.92 Å². The predicted octanol–water partition coefficient (Wildman–Crippen LogP) is 3.40. The lowest BCUT2D eigenvalue weighted by atomic mass is 10.1. The maximum Gasteiger partial charge on any atom is 0.416 e. The van der Waals surface area contributed by atoms with Crippen molar-refractivity contribution >= 4 is 5.78 Å². The number of hydrogen-bond acceptors (Lipinski definition) is 2. The molecule has 0 bridgehead atoms. The molecule has 0 aliphatic heterocycles. The van der Waals surface area contributed by atoms with Gasteiger partial charge in [0.05, 0.1) is 28.7 Å². The van der Waals surface area contributed by atoms with Gasteiger partial charge in [0, 0.05) is 0 Å². The van der Waals surface area contributed by atoms with Crippen LogP contribution in [0.3, 0.4) is 0 Å². The van der Waals surface area contributed by atoms with Crippen LogP contribution in [0.1, 0.15) is 28.5 Å². The standard InChI is InChI=1S/C13H11F3N2O/c1-8-12(9(2)19)7-17-18(8)11-5-3-4-10(6-11)13(14,15)16/h3-7H,1-2H3. The molecule has 6 heteroatoms. The molecule has 1 aromatic carbocycles. The first-order valence-corrected chi connectivity index (χ1v) is 5.54. The van der Waals surface area contributed by atoms with E-state index in [4.69, 9.17) is 0 Å². The molecule has 0 aliphatic carbocycles. The van der Waals surface area contributed by atoms with E-state index in [2.05, 4.69) is 5.10 Å². The molecule has 0 radical (unpaired) electrons. The topological polar surface area (TPSA) is 34.9 Å². The second kappa shape index (κ2) is 4.53. The number of alkyl halides is 3. The largest absolute Gasteiger partial charge is 0.416 e. The molecule has 0 N–H and O–H groups in total. The highest BCUT2D eigenvalue weighted by Crippen LogP contribution is 2.30. The molecule has 0 atom stereocenters. The molecule has 0 amide bonds. The number of carbonyl (C=O) groups is 1. The third-order valence-corrected chi connectivity index (χ3v) is 2.81. The fourth-order valence-corrected chi connectivity index (χ4v) is 1.83. The zero-order chi connectivity index (χ0) is 14.2. The average molecular weight is 268 g/mol. The normalized spacial score (nSPS) is 11.6. The summed E-state index contributed by atoms with van der Waals surface area (Å²) in [5, 5.41) is 3.96. The van der Waals surface area contributed by atoms with Crippen LogP contribution in [0.4, 0.5) is 13.2 Å². The van der Waals surface area contributed by atoms with Gasteiger partial charge in [0.2, 0.25) is 0 Å². The van der Waals surface area contributed by atoms with Gasteiger partial charge in [-0.15, -0.1) is 0 Å². The number of carbonyl (C=O) groups excluding carboxylic acids is 1. The first-order valence-electron chi connectivity index (χ1n) is 5.54. The molecule has 3 nitrogen and oxygen atoms in total. The van der Waals surface area contributed by atoms with Crippen molar-refractivity contribution in [3.05, 3.63) is 47.3 Å². The zero-order valence-corrected chi connectivity index (χ0v) is 10.3. The fraction of sp³-hybridized carbons (Fsp3) is 0.231. The highest BCUT2D eigenvalue weighted by atomic mass is 19.4. The Balaban J connectivity index is 2.51. The van der Waals surface area contributed by atoms with Gasteiger partial charge in [-0.1, -0.05) is 6.07 Å². The van der Waals surface area contributed by atoms with E-state index in [1.165, 1.54) is 29.9 Å². The maximum atomic E-state index is 12.6. The summed E-state index contributed by atoms with van der Waals surface area (Å²) in [6.07, 6.45) is -3.04. The maximum absolute atomic E-state index is 12.6. The highest BCUT2D eigenvalue weighted by molar-refractivity contribution is 5.95. The Morgan fingerprint density at radius 1 is 1.32 bits per heavy atom. The number of hydrogen-bond donors (Lipinski definition) is 0. The summed E-state index contributed by atoms with van der Waals surface area (Å²) in [4.78, 5) is 11.3. The number of ketones is 1. The van der Waals surface area contributed by atoms with Gasteiger partial charge in [-0.05, 0) is 32.0 Å². The summed E-state index contributed by atoms with van der Waals surface area (Å²) in [5.74, 6) is -0.171. The van der Waals surface area contributed by atoms with Gasteiger partial charge in [0.25, 0.3) is 0 Å². The molecule has 0 unspecified atom stereocenters. The van der Waals surface area contributed by atoms with Crippen LogP contribution in [0.25, 0.3) is 5.69 Å². The SMILES string of the molecule is CC(=O)c1cnn(-c2cccc(C(F)(F)F)c2)c1C. The number of aromatic nitrogens is 2. The van der Waals surface area contributed by atoms with Crippen LogP contribution >= 0.6 is 0 Å². The van der Waals surface area contributed by atoms with Crippen LogP contribution < -0.4 is 0 Å².